The highest BCUT2D eigenvalue weighted by Gasteiger charge is 2.23. The summed E-state index contributed by atoms with van der Waals surface area (Å²) in [6.45, 7) is 3.10. The van der Waals surface area contributed by atoms with Gasteiger partial charge in [0.25, 0.3) is 5.91 Å². The highest BCUT2D eigenvalue weighted by atomic mass is 16.6. The van der Waals surface area contributed by atoms with Gasteiger partial charge in [0.15, 0.2) is 12.2 Å². The molecule has 2 aromatic carbocycles. The van der Waals surface area contributed by atoms with Crippen LogP contribution in [0.5, 0.6) is 5.75 Å². The fourth-order valence-corrected chi connectivity index (χ4v) is 1.84. The Morgan fingerprint density at radius 2 is 1.43 bits per heavy atom. The van der Waals surface area contributed by atoms with Crippen LogP contribution in [-0.2, 0) is 14.3 Å². The second-order valence-corrected chi connectivity index (χ2v) is 5.01. The third-order valence-electron chi connectivity index (χ3n) is 3.09. The van der Waals surface area contributed by atoms with Gasteiger partial charge in [-0.1, -0.05) is 36.4 Å². The van der Waals surface area contributed by atoms with E-state index in [-0.39, 0.29) is 0 Å². The molecule has 0 unspecified atom stereocenters. The van der Waals surface area contributed by atoms with Gasteiger partial charge in [0.05, 0.1) is 0 Å². The van der Waals surface area contributed by atoms with E-state index in [1.165, 1.54) is 6.92 Å². The van der Waals surface area contributed by atoms with Crippen molar-refractivity contribution in [2.24, 2.45) is 0 Å². The first-order valence-corrected chi connectivity index (χ1v) is 7.34. The molecule has 23 heavy (non-hydrogen) atoms. The van der Waals surface area contributed by atoms with E-state index in [2.05, 4.69) is 5.32 Å². The van der Waals surface area contributed by atoms with E-state index in [1.807, 2.05) is 36.4 Å². The van der Waals surface area contributed by atoms with Crippen molar-refractivity contribution >= 4 is 17.6 Å². The average molecular weight is 313 g/mol. The number of para-hydroxylation sites is 2. The standard InChI is InChI=1S/C18H19NO4/c1-13(17(20)19-15-9-5-3-6-10-15)23-18(21)14(2)22-16-11-7-4-8-12-16/h3-14H,1-2H3,(H,19,20)/t13-,14+/m0/s1. The Kier molecular flexibility index (Phi) is 5.74. The normalized spacial score (nSPS) is 12.8. The number of rotatable bonds is 6. The molecule has 2 aromatic rings. The summed E-state index contributed by atoms with van der Waals surface area (Å²) >= 11 is 0. The summed E-state index contributed by atoms with van der Waals surface area (Å²) in [6, 6.07) is 17.9. The number of amides is 1. The molecule has 0 radical (unpaired) electrons. The monoisotopic (exact) mass is 313 g/mol. The van der Waals surface area contributed by atoms with Crippen molar-refractivity contribution in [2.45, 2.75) is 26.1 Å². The maximum Gasteiger partial charge on any atom is 0.347 e. The summed E-state index contributed by atoms with van der Waals surface area (Å²) in [5, 5.41) is 2.68. The van der Waals surface area contributed by atoms with Crippen LogP contribution in [0, 0.1) is 0 Å². The number of esters is 1. The summed E-state index contributed by atoms with van der Waals surface area (Å²) in [5.41, 5.74) is 0.647. The summed E-state index contributed by atoms with van der Waals surface area (Å²) < 4.78 is 10.6. The smallest absolute Gasteiger partial charge is 0.347 e. The number of hydrogen-bond acceptors (Lipinski definition) is 4. The fraction of sp³-hybridized carbons (Fsp3) is 0.222. The van der Waals surface area contributed by atoms with Crippen molar-refractivity contribution in [3.63, 3.8) is 0 Å². The Hall–Kier alpha value is -2.82. The van der Waals surface area contributed by atoms with Crippen LogP contribution in [-0.4, -0.2) is 24.1 Å². The molecule has 0 spiro atoms. The van der Waals surface area contributed by atoms with Crippen molar-refractivity contribution in [2.75, 3.05) is 5.32 Å². The molecule has 5 heteroatoms. The number of carbonyl (C=O) groups excluding carboxylic acids is 2. The quantitative estimate of drug-likeness (QED) is 0.833. The van der Waals surface area contributed by atoms with Crippen LogP contribution in [0.4, 0.5) is 5.69 Å². The summed E-state index contributed by atoms with van der Waals surface area (Å²) in [7, 11) is 0. The highest BCUT2D eigenvalue weighted by molar-refractivity contribution is 5.95. The van der Waals surface area contributed by atoms with Crippen LogP contribution in [0.15, 0.2) is 60.7 Å². The van der Waals surface area contributed by atoms with Gasteiger partial charge in [0.2, 0.25) is 0 Å². The molecule has 0 fully saturated rings. The maximum atomic E-state index is 12.0. The van der Waals surface area contributed by atoms with E-state index < -0.39 is 24.1 Å². The van der Waals surface area contributed by atoms with E-state index in [0.717, 1.165) is 0 Å². The summed E-state index contributed by atoms with van der Waals surface area (Å²) in [6.07, 6.45) is -1.71. The minimum Gasteiger partial charge on any atom is -0.479 e. The van der Waals surface area contributed by atoms with Crippen LogP contribution in [0.1, 0.15) is 13.8 Å². The highest BCUT2D eigenvalue weighted by Crippen LogP contribution is 2.12. The molecule has 1 amide bonds. The Morgan fingerprint density at radius 1 is 0.870 bits per heavy atom. The molecule has 1 N–H and O–H groups in total. The van der Waals surface area contributed by atoms with Crippen molar-refractivity contribution in [1.82, 2.24) is 0 Å². The van der Waals surface area contributed by atoms with Gasteiger partial charge < -0.3 is 14.8 Å². The van der Waals surface area contributed by atoms with Gasteiger partial charge >= 0.3 is 5.97 Å². The molecule has 5 nitrogen and oxygen atoms in total. The van der Waals surface area contributed by atoms with E-state index in [1.54, 1.807) is 31.2 Å². The van der Waals surface area contributed by atoms with Crippen molar-refractivity contribution in [3.05, 3.63) is 60.7 Å². The van der Waals surface area contributed by atoms with Gasteiger partial charge in [0, 0.05) is 5.69 Å². The van der Waals surface area contributed by atoms with E-state index in [9.17, 15) is 9.59 Å². The fourth-order valence-electron chi connectivity index (χ4n) is 1.84. The molecule has 0 aliphatic heterocycles. The predicted octanol–water partition coefficient (Wildman–Crippen LogP) is 3.02. The third-order valence-corrected chi connectivity index (χ3v) is 3.09. The number of ether oxygens (including phenoxy) is 2. The number of nitrogens with one attached hydrogen (secondary N) is 1. The molecular weight excluding hydrogens is 294 g/mol. The summed E-state index contributed by atoms with van der Waals surface area (Å²) in [4.78, 5) is 24.0. The van der Waals surface area contributed by atoms with Crippen LogP contribution >= 0.6 is 0 Å². The predicted molar refractivity (Wildman–Crippen MR) is 87.2 cm³/mol. The molecule has 0 saturated heterocycles. The first kappa shape index (κ1) is 16.5. The minimum absolute atomic E-state index is 0.392. The minimum atomic E-state index is -0.912. The number of benzene rings is 2. The average Bonchev–Trinajstić information content (AvgIpc) is 2.56. The zero-order valence-electron chi connectivity index (χ0n) is 13.1. The van der Waals surface area contributed by atoms with E-state index in [0.29, 0.717) is 11.4 Å². The first-order valence-electron chi connectivity index (χ1n) is 7.34. The topological polar surface area (TPSA) is 64.6 Å². The van der Waals surface area contributed by atoms with Crippen LogP contribution in [0.3, 0.4) is 0 Å². The lowest BCUT2D eigenvalue weighted by Gasteiger charge is -2.17. The van der Waals surface area contributed by atoms with E-state index in [4.69, 9.17) is 9.47 Å². The molecule has 2 atom stereocenters. The first-order chi connectivity index (χ1) is 11.1. The lowest BCUT2D eigenvalue weighted by molar-refractivity contribution is -0.159. The zero-order chi connectivity index (χ0) is 16.7. The van der Waals surface area contributed by atoms with Crippen molar-refractivity contribution in [1.29, 1.82) is 0 Å². The van der Waals surface area contributed by atoms with Gasteiger partial charge in [-0.2, -0.15) is 0 Å². The molecule has 0 saturated carbocycles. The van der Waals surface area contributed by atoms with Crippen molar-refractivity contribution < 1.29 is 19.1 Å². The van der Waals surface area contributed by atoms with Crippen LogP contribution < -0.4 is 10.1 Å². The van der Waals surface area contributed by atoms with Gasteiger partial charge in [0.1, 0.15) is 5.75 Å². The van der Waals surface area contributed by atoms with Gasteiger partial charge in [-0.3, -0.25) is 4.79 Å². The molecule has 0 aliphatic carbocycles. The van der Waals surface area contributed by atoms with Crippen LogP contribution in [0.25, 0.3) is 0 Å². The molecule has 0 aliphatic rings. The Balaban J connectivity index is 1.85. The third kappa shape index (κ3) is 5.14. The second-order valence-electron chi connectivity index (χ2n) is 5.01. The summed E-state index contributed by atoms with van der Waals surface area (Å²) in [5.74, 6) is -0.417. The zero-order valence-corrected chi connectivity index (χ0v) is 13.1. The molecule has 0 aromatic heterocycles. The largest absolute Gasteiger partial charge is 0.479 e. The SMILES string of the molecule is C[C@H](OC(=O)[C@@H](C)Oc1ccccc1)C(=O)Nc1ccccc1. The molecule has 2 rings (SSSR count). The second kappa shape index (κ2) is 7.98. The Bertz CT molecular complexity index is 643. The van der Waals surface area contributed by atoms with E-state index >= 15 is 0 Å². The van der Waals surface area contributed by atoms with Gasteiger partial charge in [-0.25, -0.2) is 4.79 Å². The maximum absolute atomic E-state index is 12.0. The van der Waals surface area contributed by atoms with Gasteiger partial charge in [-0.05, 0) is 38.1 Å². The lowest BCUT2D eigenvalue weighted by Crippen LogP contribution is -2.35. The number of anilines is 1. The molecule has 120 valence electrons. The van der Waals surface area contributed by atoms with Crippen LogP contribution in [0.2, 0.25) is 0 Å². The van der Waals surface area contributed by atoms with Crippen molar-refractivity contribution in [3.8, 4) is 5.75 Å². The van der Waals surface area contributed by atoms with Gasteiger partial charge in [-0.15, -0.1) is 0 Å². The molecule has 0 bridgehead atoms. The Labute approximate surface area is 135 Å². The molecule has 0 heterocycles. The number of carbonyl (C=O) groups is 2. The Morgan fingerprint density at radius 3 is 2.04 bits per heavy atom. The number of hydrogen-bond donors (Lipinski definition) is 1. The molecular formula is C18H19NO4. The lowest BCUT2D eigenvalue weighted by atomic mass is 10.3.